The third-order valence-electron chi connectivity index (χ3n) is 4.25. The van der Waals surface area contributed by atoms with Crippen LogP contribution in [0.15, 0.2) is 35.3 Å². The minimum Gasteiger partial charge on any atom is -0.335 e. The molecule has 2 N–H and O–H groups in total. The average Bonchev–Trinajstić information content (AvgIpc) is 2.58. The summed E-state index contributed by atoms with van der Waals surface area (Å²) in [4.78, 5) is 40.1. The van der Waals surface area contributed by atoms with Gasteiger partial charge in [-0.25, -0.2) is 9.78 Å². The van der Waals surface area contributed by atoms with Crippen LogP contribution < -0.4 is 16.2 Å². The fourth-order valence-electron chi connectivity index (χ4n) is 3.06. The summed E-state index contributed by atoms with van der Waals surface area (Å²) in [5.74, 6) is -0.526. The molecule has 0 saturated heterocycles. The maximum Gasteiger partial charge on any atom is 0.321 e. The number of hydrogen-bond donors (Lipinski definition) is 2. The van der Waals surface area contributed by atoms with Crippen LogP contribution in [0.4, 0.5) is 4.79 Å². The lowest BCUT2D eigenvalue weighted by atomic mass is 9.96. The normalized spacial score (nSPS) is 15.2. The number of hydrogen-bond acceptors (Lipinski definition) is 4. The van der Waals surface area contributed by atoms with Crippen LogP contribution in [0.2, 0.25) is 0 Å². The van der Waals surface area contributed by atoms with E-state index in [2.05, 4.69) is 15.6 Å². The first-order valence-corrected chi connectivity index (χ1v) is 8.18. The molecule has 0 spiro atoms. The molecule has 24 heavy (non-hydrogen) atoms. The molecule has 7 heteroatoms. The van der Waals surface area contributed by atoms with Crippen LogP contribution in [0.5, 0.6) is 0 Å². The van der Waals surface area contributed by atoms with Gasteiger partial charge >= 0.3 is 6.03 Å². The highest BCUT2D eigenvalue weighted by Gasteiger charge is 2.17. The van der Waals surface area contributed by atoms with E-state index >= 15 is 0 Å². The number of carbonyl (C=O) groups excluding carboxylic acids is 2. The molecule has 0 radical (unpaired) electrons. The van der Waals surface area contributed by atoms with E-state index < -0.39 is 11.9 Å². The van der Waals surface area contributed by atoms with E-state index in [0.29, 0.717) is 11.0 Å². The lowest BCUT2D eigenvalue weighted by Crippen LogP contribution is -2.46. The topological polar surface area (TPSA) is 93.1 Å². The van der Waals surface area contributed by atoms with Crippen molar-refractivity contribution in [2.24, 2.45) is 0 Å². The molecule has 126 valence electrons. The van der Waals surface area contributed by atoms with E-state index in [1.807, 2.05) is 6.07 Å². The van der Waals surface area contributed by atoms with Gasteiger partial charge in [-0.1, -0.05) is 31.4 Å². The van der Waals surface area contributed by atoms with Gasteiger partial charge in [-0.2, -0.15) is 0 Å². The summed E-state index contributed by atoms with van der Waals surface area (Å²) in [5, 5.41) is 5.12. The first-order chi connectivity index (χ1) is 11.6. The summed E-state index contributed by atoms with van der Waals surface area (Å²) in [6.45, 7) is -0.222. The molecule has 3 amide bonds. The first-order valence-electron chi connectivity index (χ1n) is 8.18. The Bertz CT molecular complexity index is 809. The highest BCUT2D eigenvalue weighted by molar-refractivity contribution is 5.94. The van der Waals surface area contributed by atoms with Crippen molar-refractivity contribution < 1.29 is 9.59 Å². The van der Waals surface area contributed by atoms with Gasteiger partial charge < -0.3 is 5.32 Å². The summed E-state index contributed by atoms with van der Waals surface area (Å²) in [6, 6.07) is 6.68. The number of carbonyl (C=O) groups is 2. The molecule has 1 fully saturated rings. The molecule has 3 rings (SSSR count). The molecule has 0 aliphatic heterocycles. The Morgan fingerprint density at radius 3 is 2.71 bits per heavy atom. The summed E-state index contributed by atoms with van der Waals surface area (Å²) >= 11 is 0. The van der Waals surface area contributed by atoms with Crippen molar-refractivity contribution in [2.75, 3.05) is 0 Å². The van der Waals surface area contributed by atoms with Gasteiger partial charge in [-0.15, -0.1) is 0 Å². The molecule has 1 aromatic carbocycles. The van der Waals surface area contributed by atoms with E-state index in [0.717, 1.165) is 25.7 Å². The SMILES string of the molecule is O=C(Cn1c(=O)cnc2ccccc21)NC(=O)NC1CCCCC1. The zero-order valence-electron chi connectivity index (χ0n) is 13.3. The monoisotopic (exact) mass is 328 g/mol. The van der Waals surface area contributed by atoms with Crippen molar-refractivity contribution in [1.29, 1.82) is 0 Å². The zero-order valence-corrected chi connectivity index (χ0v) is 13.3. The molecule has 0 atom stereocenters. The number of para-hydroxylation sites is 2. The van der Waals surface area contributed by atoms with Crippen molar-refractivity contribution in [2.45, 2.75) is 44.7 Å². The average molecular weight is 328 g/mol. The van der Waals surface area contributed by atoms with Crippen LogP contribution >= 0.6 is 0 Å². The highest BCUT2D eigenvalue weighted by atomic mass is 16.2. The van der Waals surface area contributed by atoms with E-state index in [1.165, 1.54) is 17.2 Å². The van der Waals surface area contributed by atoms with E-state index in [4.69, 9.17) is 0 Å². The number of imide groups is 1. The number of rotatable bonds is 3. The number of nitrogens with one attached hydrogen (secondary N) is 2. The number of nitrogens with zero attached hydrogens (tertiary/aromatic N) is 2. The smallest absolute Gasteiger partial charge is 0.321 e. The molecule has 1 saturated carbocycles. The third kappa shape index (κ3) is 3.79. The van der Waals surface area contributed by atoms with Gasteiger partial charge in [-0.05, 0) is 25.0 Å². The Morgan fingerprint density at radius 1 is 1.17 bits per heavy atom. The highest BCUT2D eigenvalue weighted by Crippen LogP contribution is 2.17. The number of amides is 3. The minimum atomic E-state index is -0.526. The molecule has 0 unspecified atom stereocenters. The Hall–Kier alpha value is -2.70. The molecule has 1 aliphatic carbocycles. The van der Waals surface area contributed by atoms with Crippen LogP contribution in [0.1, 0.15) is 32.1 Å². The fourth-order valence-corrected chi connectivity index (χ4v) is 3.06. The van der Waals surface area contributed by atoms with Crippen molar-refractivity contribution in [3.8, 4) is 0 Å². The van der Waals surface area contributed by atoms with Crippen LogP contribution in [0, 0.1) is 0 Å². The summed E-state index contributed by atoms with van der Waals surface area (Å²) < 4.78 is 1.31. The Balaban J connectivity index is 1.65. The largest absolute Gasteiger partial charge is 0.335 e. The van der Waals surface area contributed by atoms with Gasteiger partial charge in [0.15, 0.2) is 0 Å². The summed E-state index contributed by atoms with van der Waals surface area (Å²) in [6.07, 6.45) is 6.44. The van der Waals surface area contributed by atoms with Crippen molar-refractivity contribution in [3.05, 3.63) is 40.8 Å². The molecule has 0 bridgehead atoms. The van der Waals surface area contributed by atoms with Crippen LogP contribution in [0.25, 0.3) is 11.0 Å². The van der Waals surface area contributed by atoms with E-state index in [-0.39, 0.29) is 18.1 Å². The summed E-state index contributed by atoms with van der Waals surface area (Å²) in [5.41, 5.74) is 0.806. The van der Waals surface area contributed by atoms with Gasteiger partial charge in [0.25, 0.3) is 5.56 Å². The maximum absolute atomic E-state index is 12.1. The lowest BCUT2D eigenvalue weighted by molar-refractivity contribution is -0.120. The lowest BCUT2D eigenvalue weighted by Gasteiger charge is -2.22. The van der Waals surface area contributed by atoms with Crippen LogP contribution in [-0.4, -0.2) is 27.5 Å². The van der Waals surface area contributed by atoms with Crippen LogP contribution in [0.3, 0.4) is 0 Å². The molecule has 1 aliphatic rings. The van der Waals surface area contributed by atoms with E-state index in [1.54, 1.807) is 18.2 Å². The van der Waals surface area contributed by atoms with Gasteiger partial charge in [0.1, 0.15) is 6.54 Å². The Morgan fingerprint density at radius 2 is 1.92 bits per heavy atom. The van der Waals surface area contributed by atoms with Gasteiger partial charge in [0, 0.05) is 6.04 Å². The third-order valence-corrected chi connectivity index (χ3v) is 4.25. The number of urea groups is 1. The van der Waals surface area contributed by atoms with E-state index in [9.17, 15) is 14.4 Å². The van der Waals surface area contributed by atoms with Crippen LogP contribution in [-0.2, 0) is 11.3 Å². The van der Waals surface area contributed by atoms with Crippen molar-refractivity contribution >= 4 is 23.0 Å². The molecular weight excluding hydrogens is 308 g/mol. The minimum absolute atomic E-state index is 0.121. The first kappa shape index (κ1) is 16.2. The quantitative estimate of drug-likeness (QED) is 0.894. The molecular formula is C17H20N4O3. The number of fused-ring (bicyclic) bond motifs is 1. The summed E-state index contributed by atoms with van der Waals surface area (Å²) in [7, 11) is 0. The zero-order chi connectivity index (χ0) is 16.9. The van der Waals surface area contributed by atoms with Crippen molar-refractivity contribution in [1.82, 2.24) is 20.2 Å². The van der Waals surface area contributed by atoms with Gasteiger partial charge in [0.2, 0.25) is 5.91 Å². The predicted molar refractivity (Wildman–Crippen MR) is 89.6 cm³/mol. The van der Waals surface area contributed by atoms with Crippen molar-refractivity contribution in [3.63, 3.8) is 0 Å². The Kier molecular flexibility index (Phi) is 4.88. The van der Waals surface area contributed by atoms with Gasteiger partial charge in [0.05, 0.1) is 17.2 Å². The Labute approximate surface area is 139 Å². The molecule has 2 aromatic rings. The van der Waals surface area contributed by atoms with Gasteiger partial charge in [-0.3, -0.25) is 19.5 Å². The second kappa shape index (κ2) is 7.25. The second-order valence-corrected chi connectivity index (χ2v) is 6.03. The number of aromatic nitrogens is 2. The number of benzene rings is 1. The molecule has 7 nitrogen and oxygen atoms in total. The maximum atomic E-state index is 12.1. The second-order valence-electron chi connectivity index (χ2n) is 6.03. The molecule has 1 aromatic heterocycles. The predicted octanol–water partition coefficient (Wildman–Crippen LogP) is 1.55. The fraction of sp³-hybridized carbons (Fsp3) is 0.412. The molecule has 1 heterocycles. The standard InChI is InChI=1S/C17H20N4O3/c22-15(20-17(24)19-12-6-2-1-3-7-12)11-21-14-9-5-4-8-13(14)18-10-16(21)23/h4-5,8-10,12H,1-3,6-7,11H2,(H2,19,20,22,24).